The minimum absolute atomic E-state index is 0.0421. The fourth-order valence-corrected chi connectivity index (χ4v) is 2.75. The first-order chi connectivity index (χ1) is 11.5. The molecule has 1 amide bonds. The monoisotopic (exact) mass is 354 g/mol. The Hall–Kier alpha value is -2.54. The average Bonchev–Trinajstić information content (AvgIpc) is 2.56. The van der Waals surface area contributed by atoms with E-state index in [0.717, 1.165) is 0 Å². The number of amides is 1. The van der Waals surface area contributed by atoms with Gasteiger partial charge in [-0.1, -0.05) is 23.7 Å². The largest absolute Gasteiger partial charge is 0.493 e. The van der Waals surface area contributed by atoms with Crippen molar-refractivity contribution in [2.24, 2.45) is 0 Å². The van der Waals surface area contributed by atoms with Gasteiger partial charge in [0.15, 0.2) is 11.5 Å². The third-order valence-electron chi connectivity index (χ3n) is 3.54. The number of anilines is 1. The minimum Gasteiger partial charge on any atom is -0.493 e. The number of alkyl halides is 2. The molecule has 1 atom stereocenters. The summed E-state index contributed by atoms with van der Waals surface area (Å²) >= 11 is 6.03. The highest BCUT2D eigenvalue weighted by Gasteiger charge is 2.26. The molecule has 1 aliphatic heterocycles. The van der Waals surface area contributed by atoms with Gasteiger partial charge in [-0.05, 0) is 29.8 Å². The van der Waals surface area contributed by atoms with Crippen LogP contribution >= 0.6 is 11.6 Å². The number of hydrogen-bond acceptors (Lipinski definition) is 4. The van der Waals surface area contributed by atoms with Crippen molar-refractivity contribution in [2.75, 3.05) is 12.4 Å². The molecule has 3 rings (SSSR count). The second-order valence-electron chi connectivity index (χ2n) is 5.01. The van der Waals surface area contributed by atoms with E-state index in [2.05, 4.69) is 15.4 Å². The van der Waals surface area contributed by atoms with Gasteiger partial charge in [0.1, 0.15) is 6.17 Å². The lowest BCUT2D eigenvalue weighted by molar-refractivity contribution is -0.0511. The van der Waals surface area contributed by atoms with Crippen LogP contribution in [-0.2, 0) is 0 Å². The Bertz CT molecular complexity index is 786. The number of carbonyl (C=O) groups is 1. The fraction of sp³-hybridized carbons (Fsp3) is 0.188. The Morgan fingerprint density at radius 1 is 1.21 bits per heavy atom. The highest BCUT2D eigenvalue weighted by Crippen LogP contribution is 2.39. The van der Waals surface area contributed by atoms with Crippen molar-refractivity contribution >= 4 is 23.2 Å². The van der Waals surface area contributed by atoms with E-state index in [-0.39, 0.29) is 22.4 Å². The van der Waals surface area contributed by atoms with Crippen LogP contribution in [-0.4, -0.2) is 19.6 Å². The van der Waals surface area contributed by atoms with Crippen molar-refractivity contribution in [3.05, 3.63) is 52.5 Å². The molecule has 2 aromatic rings. The van der Waals surface area contributed by atoms with Crippen LogP contribution in [0.5, 0.6) is 11.5 Å². The molecule has 5 nitrogen and oxygen atoms in total. The van der Waals surface area contributed by atoms with Crippen LogP contribution in [0.3, 0.4) is 0 Å². The zero-order valence-electron chi connectivity index (χ0n) is 12.5. The van der Waals surface area contributed by atoms with Gasteiger partial charge in [0.05, 0.1) is 17.7 Å². The Morgan fingerprint density at radius 2 is 1.96 bits per heavy atom. The number of nitrogens with one attached hydrogen (secondary N) is 2. The van der Waals surface area contributed by atoms with Crippen molar-refractivity contribution in [2.45, 2.75) is 12.8 Å². The van der Waals surface area contributed by atoms with Crippen LogP contribution in [0.4, 0.5) is 14.5 Å². The van der Waals surface area contributed by atoms with Crippen LogP contribution in [0, 0.1) is 0 Å². The van der Waals surface area contributed by atoms with Gasteiger partial charge in [-0.25, -0.2) is 0 Å². The molecule has 0 saturated heterocycles. The summed E-state index contributed by atoms with van der Waals surface area (Å²) in [6.45, 7) is -3.03. The van der Waals surface area contributed by atoms with E-state index in [1.54, 1.807) is 24.3 Å². The average molecular weight is 355 g/mol. The molecule has 0 spiro atoms. The molecular weight excluding hydrogens is 342 g/mol. The van der Waals surface area contributed by atoms with E-state index in [1.807, 2.05) is 0 Å². The fourth-order valence-electron chi connectivity index (χ4n) is 2.48. The van der Waals surface area contributed by atoms with E-state index < -0.39 is 12.8 Å². The Morgan fingerprint density at radius 3 is 2.67 bits per heavy atom. The molecule has 8 heteroatoms. The molecule has 0 saturated carbocycles. The molecule has 0 fully saturated rings. The van der Waals surface area contributed by atoms with Crippen molar-refractivity contribution in [1.29, 1.82) is 0 Å². The Balaban J connectivity index is 1.96. The quantitative estimate of drug-likeness (QED) is 0.876. The lowest BCUT2D eigenvalue weighted by Gasteiger charge is -2.28. The zero-order valence-corrected chi connectivity index (χ0v) is 13.2. The van der Waals surface area contributed by atoms with Crippen LogP contribution in [0.1, 0.15) is 22.1 Å². The van der Waals surface area contributed by atoms with Crippen molar-refractivity contribution < 1.29 is 23.0 Å². The normalized spacial score (nSPS) is 16.2. The van der Waals surface area contributed by atoms with Gasteiger partial charge in [-0.2, -0.15) is 8.78 Å². The molecule has 0 bridgehead atoms. The number of hydrogen-bond donors (Lipinski definition) is 2. The third kappa shape index (κ3) is 3.07. The molecule has 2 N–H and O–H groups in total. The highest BCUT2D eigenvalue weighted by molar-refractivity contribution is 6.32. The number of halogens is 3. The number of rotatable bonds is 4. The summed E-state index contributed by atoms with van der Waals surface area (Å²) in [5.74, 6) is -0.453. The van der Waals surface area contributed by atoms with E-state index >= 15 is 0 Å². The molecule has 2 aromatic carbocycles. The highest BCUT2D eigenvalue weighted by atomic mass is 35.5. The number of fused-ring (bicyclic) bond motifs is 1. The predicted molar refractivity (Wildman–Crippen MR) is 84.9 cm³/mol. The maximum atomic E-state index is 12.5. The van der Waals surface area contributed by atoms with Gasteiger partial charge in [-0.15, -0.1) is 0 Å². The third-order valence-corrected chi connectivity index (χ3v) is 3.82. The van der Waals surface area contributed by atoms with Crippen LogP contribution in [0.2, 0.25) is 5.02 Å². The predicted octanol–water partition coefficient (Wildman–Crippen LogP) is 3.80. The number of carbonyl (C=O) groups excluding carboxylic acids is 1. The molecule has 0 unspecified atom stereocenters. The number of benzene rings is 2. The molecule has 1 heterocycles. The first-order valence-electron chi connectivity index (χ1n) is 6.98. The summed E-state index contributed by atoms with van der Waals surface area (Å²) in [7, 11) is 1.32. The van der Waals surface area contributed by atoms with E-state index in [9.17, 15) is 13.6 Å². The first kappa shape index (κ1) is 16.3. The standard InChI is InChI=1S/C16H13ClF2N2O3/c1-23-12-7-8(6-10(17)13(12)24-16(18)19)14-20-11-5-3-2-4-9(11)15(22)21-14/h2-7,14,16,20H,1H3,(H,21,22)/t14-/m1/s1. The molecule has 0 aliphatic carbocycles. The summed E-state index contributed by atoms with van der Waals surface area (Å²) in [4.78, 5) is 12.2. The van der Waals surface area contributed by atoms with Crippen LogP contribution in [0.25, 0.3) is 0 Å². The minimum atomic E-state index is -3.03. The molecule has 0 radical (unpaired) electrons. The van der Waals surface area contributed by atoms with Gasteiger partial charge >= 0.3 is 6.61 Å². The molecule has 126 valence electrons. The molecule has 0 aromatic heterocycles. The Kier molecular flexibility index (Phi) is 4.44. The van der Waals surface area contributed by atoms with Gasteiger partial charge < -0.3 is 20.1 Å². The van der Waals surface area contributed by atoms with E-state index in [1.165, 1.54) is 19.2 Å². The Labute approximate surface area is 141 Å². The molecule has 1 aliphatic rings. The second-order valence-corrected chi connectivity index (χ2v) is 5.42. The summed E-state index contributed by atoms with van der Waals surface area (Å²) in [5, 5.41) is 5.88. The first-order valence-corrected chi connectivity index (χ1v) is 7.36. The molecular formula is C16H13ClF2N2O3. The van der Waals surface area contributed by atoms with Gasteiger partial charge in [-0.3, -0.25) is 4.79 Å². The summed E-state index contributed by atoms with van der Waals surface area (Å²) in [5.41, 5.74) is 1.72. The molecule has 24 heavy (non-hydrogen) atoms. The maximum absolute atomic E-state index is 12.5. The van der Waals surface area contributed by atoms with Crippen molar-refractivity contribution in [3.63, 3.8) is 0 Å². The lowest BCUT2D eigenvalue weighted by Crippen LogP contribution is -2.38. The maximum Gasteiger partial charge on any atom is 0.387 e. The SMILES string of the molecule is COc1cc([C@H]2NC(=O)c3ccccc3N2)cc(Cl)c1OC(F)F. The van der Waals surface area contributed by atoms with Crippen molar-refractivity contribution in [1.82, 2.24) is 5.32 Å². The number of para-hydroxylation sites is 1. The van der Waals surface area contributed by atoms with Gasteiger partial charge in [0.25, 0.3) is 5.91 Å². The lowest BCUT2D eigenvalue weighted by atomic mass is 10.1. The summed E-state index contributed by atoms with van der Waals surface area (Å²) < 4.78 is 34.4. The number of methoxy groups -OCH3 is 1. The van der Waals surface area contributed by atoms with E-state index in [4.69, 9.17) is 16.3 Å². The summed E-state index contributed by atoms with van der Waals surface area (Å²) in [6, 6.07) is 9.95. The number of ether oxygens (including phenoxy) is 2. The smallest absolute Gasteiger partial charge is 0.387 e. The van der Waals surface area contributed by atoms with Gasteiger partial charge in [0.2, 0.25) is 0 Å². The van der Waals surface area contributed by atoms with Crippen LogP contribution in [0.15, 0.2) is 36.4 Å². The van der Waals surface area contributed by atoms with Crippen molar-refractivity contribution in [3.8, 4) is 11.5 Å². The van der Waals surface area contributed by atoms with E-state index in [0.29, 0.717) is 16.8 Å². The summed E-state index contributed by atoms with van der Waals surface area (Å²) in [6.07, 6.45) is -0.584. The van der Waals surface area contributed by atoms with Gasteiger partial charge in [0, 0.05) is 5.69 Å². The zero-order chi connectivity index (χ0) is 17.3. The second kappa shape index (κ2) is 6.52. The van der Waals surface area contributed by atoms with Crippen LogP contribution < -0.4 is 20.1 Å². The topological polar surface area (TPSA) is 59.6 Å².